The molecule has 7 heteroatoms. The number of benzene rings is 2. The molecular weight excluding hydrogens is 350 g/mol. The molecule has 2 aromatic carbocycles. The summed E-state index contributed by atoms with van der Waals surface area (Å²) in [6, 6.07) is 12.4. The van der Waals surface area contributed by atoms with Crippen molar-refractivity contribution in [3.8, 4) is 17.2 Å². The first-order valence-corrected chi connectivity index (χ1v) is 8.61. The van der Waals surface area contributed by atoms with Crippen molar-refractivity contribution in [1.82, 2.24) is 0 Å². The van der Waals surface area contributed by atoms with E-state index in [0.717, 1.165) is 5.56 Å². The Morgan fingerprint density at radius 1 is 1.11 bits per heavy atom. The minimum Gasteiger partial charge on any atom is -0.486 e. The number of fused-ring (bicyclic) bond motifs is 1. The smallest absolute Gasteiger partial charge is 0.344 e. The molecule has 1 heterocycles. The topological polar surface area (TPSA) is 83.1 Å². The van der Waals surface area contributed by atoms with Crippen molar-refractivity contribution in [2.24, 2.45) is 0 Å². The van der Waals surface area contributed by atoms with Crippen LogP contribution in [0.4, 0.5) is 5.69 Å². The maximum atomic E-state index is 12.2. The van der Waals surface area contributed by atoms with E-state index in [9.17, 15) is 9.59 Å². The van der Waals surface area contributed by atoms with Crippen molar-refractivity contribution in [2.45, 2.75) is 20.0 Å². The SMILES string of the molecule is Cc1ccccc1OCC(=O)O[C@@H](C)C(=O)Nc1ccc2c(c1)OCCO2. The van der Waals surface area contributed by atoms with E-state index in [1.165, 1.54) is 6.92 Å². The minimum atomic E-state index is -0.967. The Kier molecular flexibility index (Phi) is 5.80. The van der Waals surface area contributed by atoms with Crippen molar-refractivity contribution in [3.63, 3.8) is 0 Å². The van der Waals surface area contributed by atoms with E-state index in [1.54, 1.807) is 24.3 Å². The lowest BCUT2D eigenvalue weighted by Gasteiger charge is -2.19. The van der Waals surface area contributed by atoms with Gasteiger partial charge in [0.1, 0.15) is 19.0 Å². The average molecular weight is 371 g/mol. The van der Waals surface area contributed by atoms with E-state index in [-0.39, 0.29) is 6.61 Å². The Bertz CT molecular complexity index is 835. The second-order valence-corrected chi connectivity index (χ2v) is 6.03. The third-order valence-corrected chi connectivity index (χ3v) is 3.93. The molecule has 0 aliphatic carbocycles. The molecule has 27 heavy (non-hydrogen) atoms. The fourth-order valence-corrected chi connectivity index (χ4v) is 2.50. The lowest BCUT2D eigenvalue weighted by Crippen LogP contribution is -2.31. The van der Waals surface area contributed by atoms with Gasteiger partial charge in [0.05, 0.1) is 0 Å². The lowest BCUT2D eigenvalue weighted by atomic mass is 10.2. The highest BCUT2D eigenvalue weighted by molar-refractivity contribution is 5.95. The molecule has 0 spiro atoms. The van der Waals surface area contributed by atoms with Gasteiger partial charge in [-0.2, -0.15) is 0 Å². The molecule has 0 unspecified atom stereocenters. The molecule has 142 valence electrons. The number of esters is 1. The van der Waals surface area contributed by atoms with Gasteiger partial charge in [-0.05, 0) is 37.6 Å². The van der Waals surface area contributed by atoms with E-state index in [2.05, 4.69) is 5.32 Å². The number of rotatable bonds is 6. The van der Waals surface area contributed by atoms with Crippen LogP contribution in [0.25, 0.3) is 0 Å². The third kappa shape index (κ3) is 4.91. The van der Waals surface area contributed by atoms with Gasteiger partial charge in [0.25, 0.3) is 5.91 Å². The maximum Gasteiger partial charge on any atom is 0.344 e. The fraction of sp³-hybridized carbons (Fsp3) is 0.300. The predicted molar refractivity (Wildman–Crippen MR) is 98.3 cm³/mol. The van der Waals surface area contributed by atoms with Gasteiger partial charge < -0.3 is 24.3 Å². The fourth-order valence-electron chi connectivity index (χ4n) is 2.50. The van der Waals surface area contributed by atoms with E-state index >= 15 is 0 Å². The number of carbonyl (C=O) groups excluding carboxylic acids is 2. The number of para-hydroxylation sites is 1. The molecule has 3 rings (SSSR count). The number of anilines is 1. The van der Waals surface area contributed by atoms with Gasteiger partial charge in [0, 0.05) is 11.8 Å². The summed E-state index contributed by atoms with van der Waals surface area (Å²) in [6.45, 7) is 4.06. The van der Waals surface area contributed by atoms with Crippen LogP contribution in [0.15, 0.2) is 42.5 Å². The van der Waals surface area contributed by atoms with Crippen molar-refractivity contribution < 1.29 is 28.5 Å². The molecule has 0 saturated carbocycles. The molecule has 0 radical (unpaired) electrons. The summed E-state index contributed by atoms with van der Waals surface area (Å²) in [7, 11) is 0. The zero-order valence-electron chi connectivity index (χ0n) is 15.2. The number of hydrogen-bond acceptors (Lipinski definition) is 6. The molecule has 0 bridgehead atoms. The molecule has 1 amide bonds. The number of carbonyl (C=O) groups is 2. The summed E-state index contributed by atoms with van der Waals surface area (Å²) in [5.74, 6) is 0.726. The van der Waals surface area contributed by atoms with E-state index in [1.807, 2.05) is 25.1 Å². The van der Waals surface area contributed by atoms with Crippen LogP contribution in [0.1, 0.15) is 12.5 Å². The predicted octanol–water partition coefficient (Wildman–Crippen LogP) is 2.72. The van der Waals surface area contributed by atoms with Gasteiger partial charge in [-0.3, -0.25) is 4.79 Å². The van der Waals surface area contributed by atoms with E-state index < -0.39 is 18.0 Å². The summed E-state index contributed by atoms with van der Waals surface area (Å²) in [6.07, 6.45) is -0.967. The Balaban J connectivity index is 1.50. The van der Waals surface area contributed by atoms with Crippen LogP contribution >= 0.6 is 0 Å². The van der Waals surface area contributed by atoms with Crippen LogP contribution in [-0.2, 0) is 14.3 Å². The molecule has 1 atom stereocenters. The average Bonchev–Trinajstić information content (AvgIpc) is 2.67. The number of amides is 1. The van der Waals surface area contributed by atoms with Crippen molar-refractivity contribution in [1.29, 1.82) is 0 Å². The molecule has 0 saturated heterocycles. The highest BCUT2D eigenvalue weighted by Gasteiger charge is 2.20. The van der Waals surface area contributed by atoms with E-state index in [0.29, 0.717) is 36.1 Å². The first-order chi connectivity index (χ1) is 13.0. The lowest BCUT2D eigenvalue weighted by molar-refractivity contribution is -0.155. The van der Waals surface area contributed by atoms with Crippen molar-refractivity contribution in [3.05, 3.63) is 48.0 Å². The van der Waals surface area contributed by atoms with Crippen LogP contribution in [0, 0.1) is 6.92 Å². The van der Waals surface area contributed by atoms with Crippen LogP contribution < -0.4 is 19.5 Å². The molecular formula is C20H21NO6. The zero-order valence-corrected chi connectivity index (χ0v) is 15.2. The molecule has 0 aromatic heterocycles. The standard InChI is InChI=1S/C20H21NO6/c1-13-5-3-4-6-16(13)26-12-19(22)27-14(2)20(23)21-15-7-8-17-18(11-15)25-10-9-24-17/h3-8,11,14H,9-10,12H2,1-2H3,(H,21,23)/t14-/m0/s1. The Morgan fingerprint density at radius 2 is 1.85 bits per heavy atom. The Morgan fingerprint density at radius 3 is 2.63 bits per heavy atom. The minimum absolute atomic E-state index is 0.271. The van der Waals surface area contributed by atoms with Crippen LogP contribution in [-0.4, -0.2) is 37.8 Å². The van der Waals surface area contributed by atoms with Gasteiger partial charge in [-0.25, -0.2) is 4.79 Å². The number of hydrogen-bond donors (Lipinski definition) is 1. The summed E-state index contributed by atoms with van der Waals surface area (Å²) in [5, 5.41) is 2.69. The van der Waals surface area contributed by atoms with Gasteiger partial charge >= 0.3 is 5.97 Å². The van der Waals surface area contributed by atoms with Gasteiger partial charge in [0.15, 0.2) is 24.2 Å². The summed E-state index contributed by atoms with van der Waals surface area (Å²) >= 11 is 0. The van der Waals surface area contributed by atoms with Crippen LogP contribution in [0.2, 0.25) is 0 Å². The first kappa shape index (κ1) is 18.6. The van der Waals surface area contributed by atoms with Crippen LogP contribution in [0.3, 0.4) is 0 Å². The maximum absolute atomic E-state index is 12.2. The second-order valence-electron chi connectivity index (χ2n) is 6.03. The van der Waals surface area contributed by atoms with E-state index in [4.69, 9.17) is 18.9 Å². The number of nitrogens with one attached hydrogen (secondary N) is 1. The van der Waals surface area contributed by atoms with Gasteiger partial charge in [-0.15, -0.1) is 0 Å². The molecule has 0 fully saturated rings. The molecule has 1 N–H and O–H groups in total. The normalized spacial score (nSPS) is 13.4. The quantitative estimate of drug-likeness (QED) is 0.786. The molecule has 1 aliphatic rings. The number of aryl methyl sites for hydroxylation is 1. The summed E-state index contributed by atoms with van der Waals surface area (Å²) in [5.41, 5.74) is 1.44. The largest absolute Gasteiger partial charge is 0.486 e. The van der Waals surface area contributed by atoms with Gasteiger partial charge in [-0.1, -0.05) is 18.2 Å². The second kappa shape index (κ2) is 8.44. The highest BCUT2D eigenvalue weighted by atomic mass is 16.6. The molecule has 1 aliphatic heterocycles. The third-order valence-electron chi connectivity index (χ3n) is 3.93. The Labute approximate surface area is 157 Å². The monoisotopic (exact) mass is 371 g/mol. The zero-order chi connectivity index (χ0) is 19.2. The van der Waals surface area contributed by atoms with Crippen LogP contribution in [0.5, 0.6) is 17.2 Å². The Hall–Kier alpha value is -3.22. The first-order valence-electron chi connectivity index (χ1n) is 8.61. The van der Waals surface area contributed by atoms with Gasteiger partial charge in [0.2, 0.25) is 0 Å². The molecule has 2 aromatic rings. The van der Waals surface area contributed by atoms with Crippen molar-refractivity contribution >= 4 is 17.6 Å². The summed E-state index contributed by atoms with van der Waals surface area (Å²) in [4.78, 5) is 24.2. The molecule has 7 nitrogen and oxygen atoms in total. The summed E-state index contributed by atoms with van der Waals surface area (Å²) < 4.78 is 21.5. The van der Waals surface area contributed by atoms with Crippen molar-refractivity contribution in [2.75, 3.05) is 25.1 Å². The number of ether oxygens (including phenoxy) is 4. The highest BCUT2D eigenvalue weighted by Crippen LogP contribution is 2.32.